The van der Waals surface area contributed by atoms with Crippen molar-refractivity contribution >= 4 is 5.91 Å². The molecular formula is C18H24N4O2. The Morgan fingerprint density at radius 1 is 1.33 bits per heavy atom. The number of carbonyl (C=O) groups excluding carboxylic acids is 1. The number of nitrogens with zero attached hydrogens (tertiary/aromatic N) is 3. The van der Waals surface area contributed by atoms with Crippen LogP contribution in [-0.2, 0) is 22.6 Å². The molecule has 1 aromatic carbocycles. The van der Waals surface area contributed by atoms with Crippen LogP contribution in [-0.4, -0.2) is 52.9 Å². The largest absolute Gasteiger partial charge is 0.378 e. The van der Waals surface area contributed by atoms with Crippen molar-refractivity contribution in [3.63, 3.8) is 0 Å². The van der Waals surface area contributed by atoms with E-state index < -0.39 is 0 Å². The first-order valence-corrected chi connectivity index (χ1v) is 8.41. The van der Waals surface area contributed by atoms with Gasteiger partial charge in [-0.05, 0) is 23.7 Å². The minimum atomic E-state index is -0.193. The number of ether oxygens (including phenoxy) is 1. The van der Waals surface area contributed by atoms with Crippen molar-refractivity contribution in [3.05, 3.63) is 53.9 Å². The third-order valence-electron chi connectivity index (χ3n) is 4.41. The zero-order chi connectivity index (χ0) is 16.8. The number of benzene rings is 1. The normalized spacial score (nSPS) is 18.5. The smallest absolute Gasteiger partial charge is 0.240 e. The molecule has 2 heterocycles. The maximum Gasteiger partial charge on any atom is 0.240 e. The molecular weight excluding hydrogens is 304 g/mol. The molecule has 128 valence electrons. The number of likely N-dealkylation sites (N-methyl/N-ethyl adjacent to an activating group) is 1. The number of morpholine rings is 1. The van der Waals surface area contributed by atoms with Crippen molar-refractivity contribution in [2.24, 2.45) is 0 Å². The van der Waals surface area contributed by atoms with E-state index in [0.717, 1.165) is 24.2 Å². The summed E-state index contributed by atoms with van der Waals surface area (Å²) in [4.78, 5) is 14.7. The zero-order valence-corrected chi connectivity index (χ0v) is 14.0. The first kappa shape index (κ1) is 16.7. The van der Waals surface area contributed by atoms with Crippen molar-refractivity contribution in [3.8, 4) is 0 Å². The highest BCUT2D eigenvalue weighted by atomic mass is 16.5. The van der Waals surface area contributed by atoms with Gasteiger partial charge < -0.3 is 10.1 Å². The summed E-state index contributed by atoms with van der Waals surface area (Å²) in [5, 5.41) is 7.31. The van der Waals surface area contributed by atoms with Crippen LogP contribution >= 0.6 is 0 Å². The second-order valence-electron chi connectivity index (χ2n) is 5.91. The predicted octanol–water partition coefficient (Wildman–Crippen LogP) is 1.27. The van der Waals surface area contributed by atoms with Gasteiger partial charge in [0.05, 0.1) is 19.8 Å². The molecule has 2 aromatic rings. The van der Waals surface area contributed by atoms with Crippen molar-refractivity contribution in [2.45, 2.75) is 26.1 Å². The minimum absolute atomic E-state index is 0.0328. The second kappa shape index (κ2) is 8.08. The van der Waals surface area contributed by atoms with E-state index in [1.165, 1.54) is 0 Å². The summed E-state index contributed by atoms with van der Waals surface area (Å²) in [6, 6.07) is 9.85. The molecule has 6 nitrogen and oxygen atoms in total. The Labute approximate surface area is 142 Å². The van der Waals surface area contributed by atoms with Crippen molar-refractivity contribution in [2.75, 3.05) is 26.3 Å². The summed E-state index contributed by atoms with van der Waals surface area (Å²) < 4.78 is 7.35. The molecule has 1 aromatic heterocycles. The summed E-state index contributed by atoms with van der Waals surface area (Å²) in [6.45, 7) is 6.13. The highest BCUT2D eigenvalue weighted by molar-refractivity contribution is 5.82. The van der Waals surface area contributed by atoms with Crippen LogP contribution < -0.4 is 5.32 Å². The number of amides is 1. The van der Waals surface area contributed by atoms with E-state index in [-0.39, 0.29) is 11.9 Å². The quantitative estimate of drug-likeness (QED) is 0.867. The van der Waals surface area contributed by atoms with Crippen LogP contribution in [0.4, 0.5) is 0 Å². The Morgan fingerprint density at radius 2 is 2.17 bits per heavy atom. The molecule has 0 spiro atoms. The summed E-state index contributed by atoms with van der Waals surface area (Å²) in [6.07, 6.45) is 3.71. The molecule has 0 saturated carbocycles. The number of aromatic nitrogens is 2. The average molecular weight is 328 g/mol. The van der Waals surface area contributed by atoms with Crippen molar-refractivity contribution in [1.82, 2.24) is 20.0 Å². The SMILES string of the molecule is CCN1CCOC[C@@H]1C(=O)NCc1ccccc1Cn1cccn1. The van der Waals surface area contributed by atoms with Crippen LogP contribution in [0.25, 0.3) is 0 Å². The van der Waals surface area contributed by atoms with E-state index in [9.17, 15) is 4.79 Å². The lowest BCUT2D eigenvalue weighted by atomic mass is 10.1. The highest BCUT2D eigenvalue weighted by Gasteiger charge is 2.28. The molecule has 3 rings (SSSR count). The lowest BCUT2D eigenvalue weighted by Gasteiger charge is -2.33. The fourth-order valence-electron chi connectivity index (χ4n) is 3.01. The number of carbonyl (C=O) groups is 1. The first-order chi connectivity index (χ1) is 11.8. The minimum Gasteiger partial charge on any atom is -0.378 e. The summed E-state index contributed by atoms with van der Waals surface area (Å²) >= 11 is 0. The Bertz CT molecular complexity index is 657. The Morgan fingerprint density at radius 3 is 2.92 bits per heavy atom. The lowest BCUT2D eigenvalue weighted by Crippen LogP contribution is -2.53. The maximum atomic E-state index is 12.5. The van der Waals surface area contributed by atoms with Crippen molar-refractivity contribution in [1.29, 1.82) is 0 Å². The predicted molar refractivity (Wildman–Crippen MR) is 91.5 cm³/mol. The standard InChI is InChI=1S/C18H24N4O2/c1-2-21-10-11-24-14-17(21)18(23)19-12-15-6-3-4-7-16(15)13-22-9-5-8-20-22/h3-9,17H,2,10-14H2,1H3,(H,19,23)/t17-/m1/s1. The van der Waals surface area contributed by atoms with Gasteiger partial charge in [-0.25, -0.2) is 0 Å². The van der Waals surface area contributed by atoms with E-state index in [0.29, 0.717) is 26.3 Å². The van der Waals surface area contributed by atoms with Crippen LogP contribution in [0.3, 0.4) is 0 Å². The van der Waals surface area contributed by atoms with E-state index in [2.05, 4.69) is 28.3 Å². The van der Waals surface area contributed by atoms with Gasteiger partial charge in [0.2, 0.25) is 5.91 Å². The van der Waals surface area contributed by atoms with Crippen LogP contribution in [0.1, 0.15) is 18.1 Å². The van der Waals surface area contributed by atoms with E-state index >= 15 is 0 Å². The third-order valence-corrected chi connectivity index (χ3v) is 4.41. The number of hydrogen-bond donors (Lipinski definition) is 1. The van der Waals surface area contributed by atoms with Gasteiger partial charge in [0, 0.05) is 25.5 Å². The van der Waals surface area contributed by atoms with Crippen LogP contribution in [0.2, 0.25) is 0 Å². The topological polar surface area (TPSA) is 59.4 Å². The van der Waals surface area contributed by atoms with Gasteiger partial charge in [-0.2, -0.15) is 5.10 Å². The lowest BCUT2D eigenvalue weighted by molar-refractivity contribution is -0.132. The molecule has 1 saturated heterocycles. The Kier molecular flexibility index (Phi) is 5.61. The van der Waals surface area contributed by atoms with Gasteiger partial charge >= 0.3 is 0 Å². The van der Waals surface area contributed by atoms with Crippen LogP contribution in [0.15, 0.2) is 42.7 Å². The van der Waals surface area contributed by atoms with Crippen LogP contribution in [0.5, 0.6) is 0 Å². The first-order valence-electron chi connectivity index (χ1n) is 8.41. The summed E-state index contributed by atoms with van der Waals surface area (Å²) in [7, 11) is 0. The van der Waals surface area contributed by atoms with Gasteiger partial charge in [0.25, 0.3) is 0 Å². The molecule has 1 N–H and O–H groups in total. The molecule has 0 aliphatic carbocycles. The molecule has 1 fully saturated rings. The molecule has 1 aliphatic rings. The number of hydrogen-bond acceptors (Lipinski definition) is 4. The molecule has 1 aliphatic heterocycles. The molecule has 0 unspecified atom stereocenters. The van der Waals surface area contributed by atoms with Gasteiger partial charge in [-0.3, -0.25) is 14.4 Å². The van der Waals surface area contributed by atoms with Crippen molar-refractivity contribution < 1.29 is 9.53 Å². The second-order valence-corrected chi connectivity index (χ2v) is 5.91. The molecule has 24 heavy (non-hydrogen) atoms. The summed E-state index contributed by atoms with van der Waals surface area (Å²) in [5.41, 5.74) is 2.27. The molecule has 0 radical (unpaired) electrons. The van der Waals surface area contributed by atoms with Gasteiger partial charge in [-0.1, -0.05) is 31.2 Å². The maximum absolute atomic E-state index is 12.5. The van der Waals surface area contributed by atoms with Gasteiger partial charge in [0.15, 0.2) is 0 Å². The molecule has 6 heteroatoms. The fraction of sp³-hybridized carbons (Fsp3) is 0.444. The number of nitrogens with one attached hydrogen (secondary N) is 1. The van der Waals surface area contributed by atoms with E-state index in [4.69, 9.17) is 4.74 Å². The monoisotopic (exact) mass is 328 g/mol. The third kappa shape index (κ3) is 4.01. The van der Waals surface area contributed by atoms with Gasteiger partial charge in [-0.15, -0.1) is 0 Å². The number of rotatable bonds is 6. The zero-order valence-electron chi connectivity index (χ0n) is 14.0. The van der Waals surface area contributed by atoms with Crippen LogP contribution in [0, 0.1) is 0 Å². The summed E-state index contributed by atoms with van der Waals surface area (Å²) in [5.74, 6) is 0.0328. The molecule has 1 atom stereocenters. The van der Waals surface area contributed by atoms with Gasteiger partial charge in [0.1, 0.15) is 6.04 Å². The van der Waals surface area contributed by atoms with E-state index in [1.54, 1.807) is 6.20 Å². The Balaban J connectivity index is 1.63. The fourth-order valence-corrected chi connectivity index (χ4v) is 3.01. The molecule has 1 amide bonds. The average Bonchev–Trinajstić information content (AvgIpc) is 3.13. The van der Waals surface area contributed by atoms with E-state index in [1.807, 2.05) is 35.1 Å². The highest BCUT2D eigenvalue weighted by Crippen LogP contribution is 2.11. The molecule has 0 bridgehead atoms. The Hall–Kier alpha value is -2.18.